The molecule has 6 nitrogen and oxygen atoms in total. The van der Waals surface area contributed by atoms with E-state index in [-0.39, 0.29) is 23.3 Å². The maximum absolute atomic E-state index is 12.9. The summed E-state index contributed by atoms with van der Waals surface area (Å²) >= 11 is 1.83. The van der Waals surface area contributed by atoms with Crippen LogP contribution in [0.3, 0.4) is 0 Å². The number of hydrogen-bond acceptors (Lipinski definition) is 5. The first-order chi connectivity index (χ1) is 13.7. The average Bonchev–Trinajstić information content (AvgIpc) is 3.39. The Morgan fingerprint density at radius 1 is 1.36 bits per heavy atom. The van der Waals surface area contributed by atoms with Crippen LogP contribution in [0.1, 0.15) is 37.2 Å². The second kappa shape index (κ2) is 9.01. The number of carbonyl (C=O) groups is 1. The molecule has 2 fully saturated rings. The van der Waals surface area contributed by atoms with Crippen molar-refractivity contribution in [1.82, 2.24) is 14.5 Å². The number of ether oxygens (including phenoxy) is 1. The summed E-state index contributed by atoms with van der Waals surface area (Å²) in [5, 5.41) is 10.6. The van der Waals surface area contributed by atoms with Crippen molar-refractivity contribution in [3.63, 3.8) is 0 Å². The fourth-order valence-corrected chi connectivity index (χ4v) is 5.53. The topological polar surface area (TPSA) is 67.6 Å². The number of hydrogen-bond donors (Lipinski definition) is 1. The van der Waals surface area contributed by atoms with E-state index in [4.69, 9.17) is 4.74 Å². The van der Waals surface area contributed by atoms with Crippen LogP contribution in [-0.2, 0) is 16.1 Å². The highest BCUT2D eigenvalue weighted by Crippen LogP contribution is 2.40. The van der Waals surface area contributed by atoms with E-state index in [9.17, 15) is 9.90 Å². The summed E-state index contributed by atoms with van der Waals surface area (Å²) in [6.07, 6.45) is 9.31. The van der Waals surface area contributed by atoms with Gasteiger partial charge < -0.3 is 19.3 Å². The molecule has 2 saturated heterocycles. The van der Waals surface area contributed by atoms with Gasteiger partial charge in [-0.05, 0) is 37.3 Å². The summed E-state index contributed by atoms with van der Waals surface area (Å²) in [6.45, 7) is 1.86. The molecule has 4 rings (SSSR count). The molecule has 1 amide bonds. The molecular formula is C21H27N3O3S. The van der Waals surface area contributed by atoms with Gasteiger partial charge in [-0.15, -0.1) is 11.8 Å². The number of nitrogens with zero attached hydrogens (tertiary/aromatic N) is 3. The lowest BCUT2D eigenvalue weighted by molar-refractivity contribution is -0.132. The molecule has 28 heavy (non-hydrogen) atoms. The molecule has 0 spiro atoms. The van der Waals surface area contributed by atoms with Crippen molar-refractivity contribution in [2.24, 2.45) is 0 Å². The number of carbonyl (C=O) groups excluding carboxylic acids is 1. The van der Waals surface area contributed by atoms with Crippen molar-refractivity contribution in [1.29, 1.82) is 0 Å². The Balaban J connectivity index is 1.51. The normalized spacial score (nSPS) is 23.6. The predicted octanol–water partition coefficient (Wildman–Crippen LogP) is 3.23. The van der Waals surface area contributed by atoms with Gasteiger partial charge in [0.25, 0.3) is 0 Å². The number of para-hydroxylation sites is 1. The molecule has 3 atom stereocenters. The first-order valence-electron chi connectivity index (χ1n) is 9.98. The van der Waals surface area contributed by atoms with Crippen LogP contribution in [0, 0.1) is 0 Å². The van der Waals surface area contributed by atoms with E-state index in [1.807, 2.05) is 45.6 Å². The van der Waals surface area contributed by atoms with Gasteiger partial charge in [0, 0.05) is 37.2 Å². The van der Waals surface area contributed by atoms with E-state index >= 15 is 0 Å². The lowest BCUT2D eigenvalue weighted by Gasteiger charge is -2.34. The Kier molecular flexibility index (Phi) is 6.22. The van der Waals surface area contributed by atoms with Gasteiger partial charge in [0.2, 0.25) is 5.91 Å². The lowest BCUT2D eigenvalue weighted by atomic mass is 9.85. The molecule has 150 valence electrons. The van der Waals surface area contributed by atoms with Gasteiger partial charge in [-0.2, -0.15) is 0 Å². The molecule has 0 bridgehead atoms. The van der Waals surface area contributed by atoms with Crippen LogP contribution >= 0.6 is 11.8 Å². The van der Waals surface area contributed by atoms with Crippen molar-refractivity contribution in [3.05, 3.63) is 48.5 Å². The van der Waals surface area contributed by atoms with Crippen LogP contribution < -0.4 is 0 Å². The van der Waals surface area contributed by atoms with E-state index in [1.165, 1.54) is 0 Å². The Bertz CT molecular complexity index is 777. The van der Waals surface area contributed by atoms with Crippen LogP contribution in [0.2, 0.25) is 0 Å². The molecule has 2 aromatic rings. The highest BCUT2D eigenvalue weighted by atomic mass is 32.2. The van der Waals surface area contributed by atoms with Crippen molar-refractivity contribution in [2.75, 3.05) is 18.9 Å². The summed E-state index contributed by atoms with van der Waals surface area (Å²) in [7, 11) is 0. The van der Waals surface area contributed by atoms with E-state index in [1.54, 1.807) is 18.6 Å². The van der Waals surface area contributed by atoms with Gasteiger partial charge in [0.15, 0.2) is 0 Å². The Morgan fingerprint density at radius 3 is 3.00 bits per heavy atom. The Morgan fingerprint density at radius 2 is 2.25 bits per heavy atom. The molecule has 1 N–H and O–H groups in total. The number of phenolic OH excluding ortho intramolecular Hbond substituents is 1. The molecule has 7 heteroatoms. The smallest absolute Gasteiger partial charge is 0.243 e. The first kappa shape index (κ1) is 19.3. The minimum atomic E-state index is 0.0839. The van der Waals surface area contributed by atoms with Gasteiger partial charge in [-0.25, -0.2) is 4.98 Å². The monoisotopic (exact) mass is 401 g/mol. The zero-order chi connectivity index (χ0) is 19.3. The number of phenols is 1. The lowest BCUT2D eigenvalue weighted by Crippen LogP contribution is -2.39. The van der Waals surface area contributed by atoms with Crippen LogP contribution in [0.25, 0.3) is 0 Å². The van der Waals surface area contributed by atoms with Gasteiger partial charge in [0.05, 0.1) is 17.8 Å². The zero-order valence-corrected chi connectivity index (χ0v) is 16.8. The second-order valence-electron chi connectivity index (χ2n) is 7.45. The van der Waals surface area contributed by atoms with E-state index in [0.29, 0.717) is 12.3 Å². The maximum atomic E-state index is 12.9. The quantitative estimate of drug-likeness (QED) is 0.805. The fraction of sp³-hybridized carbons (Fsp3) is 0.524. The molecule has 0 radical (unpaired) electrons. The molecule has 0 saturated carbocycles. The third-order valence-corrected chi connectivity index (χ3v) is 6.89. The minimum absolute atomic E-state index is 0.0839. The number of aromatic hydroxyl groups is 1. The number of aromatic nitrogens is 2. The first-order valence-corrected chi connectivity index (χ1v) is 11.0. The van der Waals surface area contributed by atoms with Crippen LogP contribution in [0.4, 0.5) is 0 Å². The average molecular weight is 402 g/mol. The molecule has 3 heterocycles. The second-order valence-corrected chi connectivity index (χ2v) is 8.74. The number of benzene rings is 1. The highest BCUT2D eigenvalue weighted by Gasteiger charge is 2.36. The number of rotatable bonds is 6. The number of thioether (sulfide) groups is 1. The van der Waals surface area contributed by atoms with E-state index < -0.39 is 0 Å². The molecule has 0 aliphatic carbocycles. The van der Waals surface area contributed by atoms with Gasteiger partial charge in [-0.1, -0.05) is 18.2 Å². The Hall–Kier alpha value is -1.99. The third-order valence-electron chi connectivity index (χ3n) is 5.64. The highest BCUT2D eigenvalue weighted by molar-refractivity contribution is 8.00. The maximum Gasteiger partial charge on any atom is 0.243 e. The van der Waals surface area contributed by atoms with E-state index in [2.05, 4.69) is 4.98 Å². The Labute approximate surface area is 169 Å². The van der Waals surface area contributed by atoms with Crippen molar-refractivity contribution in [2.45, 2.75) is 49.6 Å². The summed E-state index contributed by atoms with van der Waals surface area (Å²) in [6, 6.07) is 7.56. The van der Waals surface area contributed by atoms with Gasteiger partial charge in [-0.3, -0.25) is 4.79 Å². The summed E-state index contributed by atoms with van der Waals surface area (Å²) in [5.74, 6) is 1.47. The van der Waals surface area contributed by atoms with Crippen molar-refractivity contribution >= 4 is 17.7 Å². The minimum Gasteiger partial charge on any atom is -0.508 e. The fourth-order valence-electron chi connectivity index (χ4n) is 4.21. The van der Waals surface area contributed by atoms with Crippen molar-refractivity contribution < 1.29 is 14.6 Å². The molecular weight excluding hydrogens is 374 g/mol. The SMILES string of the molecule is O=C(Cn1ccnc1)N1CCSC1CC(c1ccccc1O)C1CCCCO1. The standard InChI is InChI=1S/C21H27N3O3S/c25-18-6-2-1-5-16(18)17(19-7-3-4-11-27-19)13-21-24(10-12-28-21)20(26)14-23-9-8-22-15-23/h1-2,5-6,8-9,15,17,19,21,25H,3-4,7,10-14H2. The van der Waals surface area contributed by atoms with Crippen LogP contribution in [-0.4, -0.2) is 55.8 Å². The van der Waals surface area contributed by atoms with E-state index in [0.717, 1.165) is 50.2 Å². The molecule has 3 unspecified atom stereocenters. The predicted molar refractivity (Wildman–Crippen MR) is 109 cm³/mol. The number of imidazole rings is 1. The zero-order valence-electron chi connectivity index (χ0n) is 15.9. The molecule has 2 aliphatic heterocycles. The molecule has 1 aromatic heterocycles. The third kappa shape index (κ3) is 4.36. The van der Waals surface area contributed by atoms with Crippen molar-refractivity contribution in [3.8, 4) is 5.75 Å². The van der Waals surface area contributed by atoms with Gasteiger partial charge >= 0.3 is 0 Å². The molecule has 2 aliphatic rings. The van der Waals surface area contributed by atoms with Gasteiger partial charge in [0.1, 0.15) is 12.3 Å². The summed E-state index contributed by atoms with van der Waals surface area (Å²) in [4.78, 5) is 18.9. The van der Waals surface area contributed by atoms with Crippen LogP contribution in [0.5, 0.6) is 5.75 Å². The largest absolute Gasteiger partial charge is 0.508 e. The van der Waals surface area contributed by atoms with Crippen LogP contribution in [0.15, 0.2) is 43.0 Å². The number of amides is 1. The molecule has 1 aromatic carbocycles. The summed E-state index contributed by atoms with van der Waals surface area (Å²) < 4.78 is 7.92. The summed E-state index contributed by atoms with van der Waals surface area (Å²) in [5.41, 5.74) is 0.934.